The highest BCUT2D eigenvalue weighted by atomic mass is 19.1. The minimum absolute atomic E-state index is 0.0411. The second-order valence-electron chi connectivity index (χ2n) is 21.2. The average molecular weight is 1100 g/mol. The molecule has 0 saturated heterocycles. The van der Waals surface area contributed by atoms with Gasteiger partial charge in [-0.05, 0) is 150 Å². The molecule has 0 N–H and O–H groups in total. The maximum Gasteiger partial charge on any atom is 0.266 e. The van der Waals surface area contributed by atoms with Gasteiger partial charge in [0, 0.05) is 104 Å². The van der Waals surface area contributed by atoms with E-state index in [-0.39, 0.29) is 72.8 Å². The molecule has 83 heavy (non-hydrogen) atoms. The van der Waals surface area contributed by atoms with Crippen molar-refractivity contribution in [2.75, 3.05) is 36.1 Å². The fourth-order valence-electron chi connectivity index (χ4n) is 13.6. The number of halogens is 4. The maximum atomic E-state index is 15.0. The molecule has 0 saturated carbocycles. The van der Waals surface area contributed by atoms with E-state index in [0.717, 1.165) is 24.3 Å². The number of benzene rings is 12. The lowest BCUT2D eigenvalue weighted by molar-refractivity contribution is 0.0567. The summed E-state index contributed by atoms with van der Waals surface area (Å²) in [4.78, 5) is 117. The molecule has 0 spiro atoms. The summed E-state index contributed by atoms with van der Waals surface area (Å²) in [7, 11) is 0. The number of amides is 8. The number of hydrogen-bond donors (Lipinski definition) is 0. The number of rotatable bonds is 10. The molecule has 0 aromatic heterocycles. The van der Waals surface area contributed by atoms with Crippen LogP contribution >= 0.6 is 0 Å². The van der Waals surface area contributed by atoms with Crippen LogP contribution in [0.15, 0.2) is 133 Å². The summed E-state index contributed by atoms with van der Waals surface area (Å²) in [6.07, 6.45) is 0.577. The van der Waals surface area contributed by atoms with Crippen molar-refractivity contribution < 1.29 is 60.7 Å². The summed E-state index contributed by atoms with van der Waals surface area (Å²) in [5.41, 5.74) is 1.19. The van der Waals surface area contributed by atoms with Crippen LogP contribution in [0, 0.1) is 23.3 Å². The van der Waals surface area contributed by atoms with Crippen LogP contribution < -0.4 is 9.80 Å². The summed E-state index contributed by atoms with van der Waals surface area (Å²) in [6, 6.07) is 32.3. The van der Waals surface area contributed by atoms with Crippen molar-refractivity contribution in [3.05, 3.63) is 201 Å². The Morgan fingerprint density at radius 1 is 0.289 bits per heavy atom. The van der Waals surface area contributed by atoms with Gasteiger partial charge in [0.1, 0.15) is 23.3 Å². The van der Waals surface area contributed by atoms with Gasteiger partial charge in [-0.2, -0.15) is 0 Å². The number of carbonyl (C=O) groups excluding carboxylic acids is 8. The first kappa shape index (κ1) is 48.4. The second kappa shape index (κ2) is 17.0. The van der Waals surface area contributed by atoms with Crippen LogP contribution in [0.1, 0.15) is 95.7 Å². The van der Waals surface area contributed by atoms with Gasteiger partial charge in [-0.25, -0.2) is 27.4 Å². The maximum absolute atomic E-state index is 15.0. The highest BCUT2D eigenvalue weighted by Crippen LogP contribution is 2.49. The van der Waals surface area contributed by atoms with Crippen molar-refractivity contribution >= 4 is 145 Å². The van der Waals surface area contributed by atoms with Gasteiger partial charge >= 0.3 is 0 Å². The van der Waals surface area contributed by atoms with E-state index in [1.54, 1.807) is 97.1 Å². The molecule has 17 heteroatoms. The third-order valence-corrected chi connectivity index (χ3v) is 17.1. The minimum Gasteiger partial charge on any atom is -0.381 e. The molecule has 13 nitrogen and oxygen atoms in total. The first-order valence-electron chi connectivity index (χ1n) is 26.6. The lowest BCUT2D eigenvalue weighted by Crippen LogP contribution is -2.41. The van der Waals surface area contributed by atoms with Crippen molar-refractivity contribution in [3.8, 4) is 0 Å². The first-order chi connectivity index (χ1) is 40.2. The Kier molecular flexibility index (Phi) is 9.92. The summed E-state index contributed by atoms with van der Waals surface area (Å²) >= 11 is 0. The summed E-state index contributed by atoms with van der Waals surface area (Å²) < 4.78 is 63.7. The smallest absolute Gasteiger partial charge is 0.266 e. The second-order valence-corrected chi connectivity index (χ2v) is 21.2. The van der Waals surface area contributed by atoms with E-state index in [1.807, 2.05) is 0 Å². The third kappa shape index (κ3) is 6.33. The minimum atomic E-state index is -1.06. The third-order valence-electron chi connectivity index (χ3n) is 17.1. The Bertz CT molecular complexity index is 4620. The van der Waals surface area contributed by atoms with Crippen LogP contribution in [0.5, 0.6) is 0 Å². The molecule has 0 bridgehead atoms. The molecule has 4 heterocycles. The highest BCUT2D eigenvalue weighted by Gasteiger charge is 2.41. The Balaban J connectivity index is 0.613. The van der Waals surface area contributed by atoms with Crippen LogP contribution in [0.2, 0.25) is 0 Å². The van der Waals surface area contributed by atoms with Crippen molar-refractivity contribution in [3.63, 3.8) is 0 Å². The van der Waals surface area contributed by atoms with Crippen molar-refractivity contribution in [1.29, 1.82) is 0 Å². The molecular weight excluding hydrogens is 1070 g/mol. The van der Waals surface area contributed by atoms with Gasteiger partial charge in [-0.15, -0.1) is 0 Å². The van der Waals surface area contributed by atoms with Crippen molar-refractivity contribution in [2.45, 2.75) is 12.8 Å². The molecule has 4 aliphatic rings. The van der Waals surface area contributed by atoms with Gasteiger partial charge in [0.05, 0.1) is 11.4 Å². The van der Waals surface area contributed by atoms with Crippen LogP contribution in [0.3, 0.4) is 0 Å². The predicted molar refractivity (Wildman–Crippen MR) is 301 cm³/mol. The molecule has 400 valence electrons. The largest absolute Gasteiger partial charge is 0.381 e. The fourth-order valence-corrected chi connectivity index (χ4v) is 13.6. The van der Waals surface area contributed by atoms with E-state index in [4.69, 9.17) is 4.74 Å². The average Bonchev–Trinajstić information content (AvgIpc) is 1.02. The van der Waals surface area contributed by atoms with Gasteiger partial charge in [-0.3, -0.25) is 48.2 Å². The zero-order valence-electron chi connectivity index (χ0n) is 42.9. The zero-order valence-corrected chi connectivity index (χ0v) is 42.9. The molecule has 0 fully saturated rings. The van der Waals surface area contributed by atoms with Gasteiger partial charge in [-0.1, -0.05) is 48.5 Å². The van der Waals surface area contributed by atoms with Crippen LogP contribution in [-0.4, -0.2) is 83.4 Å². The summed E-state index contributed by atoms with van der Waals surface area (Å²) in [5, 5.41) is 9.78. The number of ether oxygens (including phenoxy) is 1. The molecule has 0 atom stereocenters. The lowest BCUT2D eigenvalue weighted by atomic mass is 9.82. The van der Waals surface area contributed by atoms with Gasteiger partial charge in [0.2, 0.25) is 0 Å². The van der Waals surface area contributed by atoms with Gasteiger partial charge < -0.3 is 4.74 Å². The van der Waals surface area contributed by atoms with E-state index in [0.29, 0.717) is 130 Å². The molecule has 0 unspecified atom stereocenters. The molecule has 4 aliphatic heterocycles. The Morgan fingerprint density at radius 3 is 0.771 bits per heavy atom. The van der Waals surface area contributed by atoms with Crippen molar-refractivity contribution in [1.82, 2.24) is 9.80 Å². The Morgan fingerprint density at radius 2 is 0.530 bits per heavy atom. The SMILES string of the molecule is O=C1c2ccc3c4ccc5c6c(ccc(c7ccc(c2c37)C(=O)N1CCCOCCCN1C(=O)c2ccc3c7ccc8c9c(ccc(c%10ccc(c2c3%10)C1=O)c97)C(=O)N(c1ccc(F)cc1F)C8=O)c64)C(=O)N(c1ccc(F)cc1F)C5=O. The number of nitrogens with zero attached hydrogens (tertiary/aromatic N) is 4. The van der Waals surface area contributed by atoms with E-state index in [9.17, 15) is 47.1 Å². The van der Waals surface area contributed by atoms with Crippen molar-refractivity contribution in [2.24, 2.45) is 0 Å². The summed E-state index contributed by atoms with van der Waals surface area (Å²) in [6.45, 7) is 0.395. The van der Waals surface area contributed by atoms with Gasteiger partial charge in [0.15, 0.2) is 0 Å². The van der Waals surface area contributed by atoms with Gasteiger partial charge in [0.25, 0.3) is 47.3 Å². The monoisotopic (exact) mass is 1100 g/mol. The number of anilines is 2. The first-order valence-corrected chi connectivity index (χ1v) is 26.6. The Hall–Kier alpha value is -10.5. The summed E-state index contributed by atoms with van der Waals surface area (Å²) in [5.74, 6) is -8.84. The molecule has 0 aliphatic carbocycles. The lowest BCUT2D eigenvalue weighted by Gasteiger charge is -2.30. The molecular formula is C66H34F4N4O9. The number of carbonyl (C=O) groups is 8. The van der Waals surface area contributed by atoms with E-state index >= 15 is 8.78 Å². The van der Waals surface area contributed by atoms with E-state index < -0.39 is 70.5 Å². The molecule has 12 aromatic rings. The topological polar surface area (TPSA) is 159 Å². The molecule has 16 rings (SSSR count). The quantitative estimate of drug-likeness (QED) is 0.0427. The van der Waals surface area contributed by atoms with Crippen LogP contribution in [0.4, 0.5) is 28.9 Å². The van der Waals surface area contributed by atoms with E-state index in [2.05, 4.69) is 0 Å². The molecule has 8 amide bonds. The number of fused-ring (bicyclic) bond motifs is 4. The normalized spacial score (nSPS) is 15.2. The van der Waals surface area contributed by atoms with E-state index in [1.165, 1.54) is 9.80 Å². The fraction of sp³-hybridized carbons (Fsp3) is 0.0909. The predicted octanol–water partition coefficient (Wildman–Crippen LogP) is 12.6. The number of hydrogen-bond acceptors (Lipinski definition) is 9. The standard InChI is InChI=1S/C66H34F4N4O9/c67-29-3-21-49(47(69)27-29)73-63(79)43-17-9-35-31-5-13-39-55-40(14-6-32(51(31)55)36-10-18-44(64(73)80)57(43)53(35)36)60(76)71(59(39)75)23-1-25-83-26-2-24-72-61(77)41-15-7-33-37-11-19-45-58-46(66(82)74(65(45)81)50-22-4-30(68)28-48(50)70)20-12-38(54(37)58)34-8-16-42(62(72)78)56(41)52(33)34/h3-22,27-28H,1-2,23-26H2. The highest BCUT2D eigenvalue weighted by molar-refractivity contribution is 6.46. The number of imide groups is 4. The molecule has 0 radical (unpaired) electrons. The zero-order chi connectivity index (χ0) is 56.8. The molecule has 12 aromatic carbocycles. The van der Waals surface area contributed by atoms with Crippen LogP contribution in [0.25, 0.3) is 86.2 Å². The van der Waals surface area contributed by atoms with Crippen LogP contribution in [-0.2, 0) is 4.74 Å². The Labute approximate surface area is 463 Å².